The zero-order valence-electron chi connectivity index (χ0n) is 10.8. The Balaban J connectivity index is 1.92. The maximum Gasteiger partial charge on any atom is 0.410 e. The van der Waals surface area contributed by atoms with Gasteiger partial charge in [-0.2, -0.15) is 4.65 Å². The lowest BCUT2D eigenvalue weighted by Crippen LogP contribution is -2.59. The van der Waals surface area contributed by atoms with Gasteiger partial charge in [0.15, 0.2) is 0 Å². The van der Waals surface area contributed by atoms with Gasteiger partial charge in [-0.3, -0.25) is 0 Å². The van der Waals surface area contributed by atoms with Crippen molar-refractivity contribution in [2.75, 3.05) is 26.2 Å². The van der Waals surface area contributed by atoms with Crippen LogP contribution >= 0.6 is 0 Å². The van der Waals surface area contributed by atoms with Gasteiger partial charge in [0.2, 0.25) is 0 Å². The quantitative estimate of drug-likeness (QED) is 0.750. The van der Waals surface area contributed by atoms with Crippen molar-refractivity contribution >= 4 is 6.09 Å². The number of hydroxylamine groups is 3. The standard InChI is InChI=1S/C12H23N2O3/c1-10(2)14(16)7-4-11(5-8-14)13-6-3-9-17-12(13)15/h10-11,16H,3-9H2,1-2H3/q+1. The van der Waals surface area contributed by atoms with Crippen LogP contribution in [0, 0.1) is 0 Å². The number of piperidine rings is 1. The minimum Gasteiger partial charge on any atom is -0.449 e. The van der Waals surface area contributed by atoms with E-state index >= 15 is 0 Å². The number of hydrogen-bond acceptors (Lipinski definition) is 3. The molecule has 0 unspecified atom stereocenters. The number of nitrogens with zero attached hydrogens (tertiary/aromatic N) is 2. The minimum atomic E-state index is -0.177. The first-order valence-electron chi connectivity index (χ1n) is 6.56. The Morgan fingerprint density at radius 2 is 2.06 bits per heavy atom. The molecule has 2 rings (SSSR count). The molecule has 2 heterocycles. The van der Waals surface area contributed by atoms with Crippen LogP contribution in [0.1, 0.15) is 33.1 Å². The zero-order valence-corrected chi connectivity index (χ0v) is 10.8. The van der Waals surface area contributed by atoms with Gasteiger partial charge in [-0.1, -0.05) is 0 Å². The largest absolute Gasteiger partial charge is 0.449 e. The number of hydrogen-bond donors (Lipinski definition) is 1. The second-order valence-corrected chi connectivity index (χ2v) is 5.42. The fourth-order valence-corrected chi connectivity index (χ4v) is 2.73. The van der Waals surface area contributed by atoms with E-state index in [4.69, 9.17) is 4.74 Å². The lowest BCUT2D eigenvalue weighted by Gasteiger charge is -2.43. The number of ether oxygens (including phenoxy) is 1. The Morgan fingerprint density at radius 3 is 2.59 bits per heavy atom. The smallest absolute Gasteiger partial charge is 0.410 e. The average molecular weight is 243 g/mol. The van der Waals surface area contributed by atoms with Gasteiger partial charge in [0.1, 0.15) is 19.1 Å². The number of amides is 1. The number of rotatable bonds is 2. The molecule has 0 bridgehead atoms. The Morgan fingerprint density at radius 1 is 1.41 bits per heavy atom. The second kappa shape index (κ2) is 4.82. The fourth-order valence-electron chi connectivity index (χ4n) is 2.73. The van der Waals surface area contributed by atoms with E-state index in [1.165, 1.54) is 0 Å². The third kappa shape index (κ3) is 2.55. The molecular formula is C12H23N2O3+. The van der Waals surface area contributed by atoms with Crippen molar-refractivity contribution in [3.8, 4) is 0 Å². The molecule has 0 aliphatic carbocycles. The van der Waals surface area contributed by atoms with Crippen LogP contribution in [0.5, 0.6) is 0 Å². The second-order valence-electron chi connectivity index (χ2n) is 5.42. The van der Waals surface area contributed by atoms with Crippen LogP contribution in [-0.2, 0) is 4.74 Å². The highest BCUT2D eigenvalue weighted by Gasteiger charge is 2.39. The van der Waals surface area contributed by atoms with Crippen LogP contribution in [0.2, 0.25) is 0 Å². The molecule has 0 radical (unpaired) electrons. The van der Waals surface area contributed by atoms with Crippen molar-refractivity contribution in [1.82, 2.24) is 4.90 Å². The molecule has 0 aromatic rings. The summed E-state index contributed by atoms with van der Waals surface area (Å²) in [5, 5.41) is 10.3. The molecule has 0 saturated carbocycles. The van der Waals surface area contributed by atoms with Gasteiger partial charge in [-0.05, 0) is 20.3 Å². The van der Waals surface area contributed by atoms with Gasteiger partial charge in [0, 0.05) is 25.4 Å². The van der Waals surface area contributed by atoms with Crippen LogP contribution < -0.4 is 0 Å². The van der Waals surface area contributed by atoms with Crippen LogP contribution in [0.3, 0.4) is 0 Å². The predicted molar refractivity (Wildman–Crippen MR) is 62.6 cm³/mol. The molecule has 98 valence electrons. The number of cyclic esters (lactones) is 1. The minimum absolute atomic E-state index is 0.138. The third-order valence-electron chi connectivity index (χ3n) is 4.10. The van der Waals surface area contributed by atoms with Crippen molar-refractivity contribution in [3.63, 3.8) is 0 Å². The lowest BCUT2D eigenvalue weighted by molar-refractivity contribution is -1.12. The highest BCUT2D eigenvalue weighted by atomic mass is 16.6. The van der Waals surface area contributed by atoms with Gasteiger partial charge in [0.25, 0.3) is 0 Å². The Bertz CT molecular complexity index is 285. The topological polar surface area (TPSA) is 49.8 Å². The van der Waals surface area contributed by atoms with Crippen LogP contribution in [0.25, 0.3) is 0 Å². The molecule has 0 aromatic carbocycles. The molecule has 2 saturated heterocycles. The first kappa shape index (κ1) is 12.6. The summed E-state index contributed by atoms with van der Waals surface area (Å²) >= 11 is 0. The lowest BCUT2D eigenvalue weighted by atomic mass is 10.0. The third-order valence-corrected chi connectivity index (χ3v) is 4.10. The van der Waals surface area contributed by atoms with Gasteiger partial charge >= 0.3 is 6.09 Å². The summed E-state index contributed by atoms with van der Waals surface area (Å²) in [6.45, 7) is 6.88. The van der Waals surface area contributed by atoms with E-state index < -0.39 is 0 Å². The maximum atomic E-state index is 11.6. The predicted octanol–water partition coefficient (Wildman–Crippen LogP) is 1.61. The molecule has 2 aliphatic rings. The normalized spacial score (nSPS) is 34.9. The van der Waals surface area contributed by atoms with Crippen molar-refractivity contribution in [2.45, 2.75) is 45.2 Å². The highest BCUT2D eigenvalue weighted by Crippen LogP contribution is 2.25. The van der Waals surface area contributed by atoms with Gasteiger partial charge in [-0.15, -0.1) is 0 Å². The molecule has 5 nitrogen and oxygen atoms in total. The van der Waals surface area contributed by atoms with E-state index in [0.717, 1.165) is 38.9 Å². The number of carbonyl (C=O) groups excluding carboxylic acids is 1. The van der Waals surface area contributed by atoms with E-state index in [-0.39, 0.29) is 22.8 Å². The fraction of sp³-hybridized carbons (Fsp3) is 0.917. The molecule has 0 spiro atoms. The number of carbonyl (C=O) groups is 1. The SMILES string of the molecule is CC(C)[N+]1(O)CCC(N2CCCOC2=O)CC1. The van der Waals surface area contributed by atoms with Gasteiger partial charge < -0.3 is 9.64 Å². The maximum absolute atomic E-state index is 11.6. The van der Waals surface area contributed by atoms with Gasteiger partial charge in [0.05, 0.1) is 6.61 Å². The molecule has 5 heteroatoms. The Hall–Kier alpha value is -0.810. The van der Waals surface area contributed by atoms with Crippen LogP contribution in [-0.4, -0.2) is 59.2 Å². The summed E-state index contributed by atoms with van der Waals surface area (Å²) < 4.78 is 5.20. The van der Waals surface area contributed by atoms with E-state index in [1.807, 2.05) is 18.7 Å². The number of quaternary nitrogens is 1. The first-order valence-corrected chi connectivity index (χ1v) is 6.56. The molecule has 2 fully saturated rings. The van der Waals surface area contributed by atoms with Gasteiger partial charge in [-0.25, -0.2) is 10.0 Å². The zero-order chi connectivity index (χ0) is 12.5. The molecule has 2 aliphatic heterocycles. The monoisotopic (exact) mass is 243 g/mol. The number of likely N-dealkylation sites (tertiary alicyclic amines) is 1. The Kier molecular flexibility index (Phi) is 3.58. The first-order chi connectivity index (χ1) is 8.03. The summed E-state index contributed by atoms with van der Waals surface area (Å²) in [5.41, 5.74) is 0. The molecular weight excluding hydrogens is 220 g/mol. The van der Waals surface area contributed by atoms with E-state index in [1.54, 1.807) is 0 Å². The van der Waals surface area contributed by atoms with Crippen molar-refractivity contribution < 1.29 is 19.4 Å². The summed E-state index contributed by atoms with van der Waals surface area (Å²) in [6, 6.07) is 0.476. The average Bonchev–Trinajstić information content (AvgIpc) is 2.31. The summed E-state index contributed by atoms with van der Waals surface area (Å²) in [5.74, 6) is 0. The molecule has 0 aromatic heterocycles. The Labute approximate surface area is 102 Å². The highest BCUT2D eigenvalue weighted by molar-refractivity contribution is 5.68. The van der Waals surface area contributed by atoms with Crippen molar-refractivity contribution in [2.24, 2.45) is 0 Å². The molecule has 1 N–H and O–H groups in total. The van der Waals surface area contributed by atoms with E-state index in [9.17, 15) is 10.0 Å². The summed E-state index contributed by atoms with van der Waals surface area (Å²) in [6.07, 6.45) is 2.47. The summed E-state index contributed by atoms with van der Waals surface area (Å²) in [4.78, 5) is 13.5. The van der Waals surface area contributed by atoms with Crippen LogP contribution in [0.4, 0.5) is 4.79 Å². The van der Waals surface area contributed by atoms with Crippen molar-refractivity contribution in [3.05, 3.63) is 0 Å². The summed E-state index contributed by atoms with van der Waals surface area (Å²) in [7, 11) is 0. The van der Waals surface area contributed by atoms with Crippen LogP contribution in [0.15, 0.2) is 0 Å². The van der Waals surface area contributed by atoms with E-state index in [0.29, 0.717) is 6.61 Å². The van der Waals surface area contributed by atoms with E-state index in [2.05, 4.69) is 0 Å². The molecule has 1 amide bonds. The van der Waals surface area contributed by atoms with Crippen molar-refractivity contribution in [1.29, 1.82) is 0 Å². The molecule has 0 atom stereocenters. The molecule has 17 heavy (non-hydrogen) atoms.